The van der Waals surface area contributed by atoms with Gasteiger partial charge in [0.15, 0.2) is 25.0 Å². The predicted octanol–water partition coefficient (Wildman–Crippen LogP) is 8.73. The normalized spacial score (nSPS) is 20.9. The van der Waals surface area contributed by atoms with Gasteiger partial charge in [0.1, 0.15) is 19.3 Å². The number of hydrogen-bond acceptors (Lipinski definition) is 8. The lowest BCUT2D eigenvalue weighted by Crippen LogP contribution is -2.51. The Labute approximate surface area is 336 Å². The van der Waals surface area contributed by atoms with E-state index in [1.54, 1.807) is 0 Å². The summed E-state index contributed by atoms with van der Waals surface area (Å²) in [5.41, 5.74) is 3.36. The molecular formula is C43H66N2O8Si3. The number of carbonyl (C=O) groups is 1. The maximum atomic E-state index is 13.9. The van der Waals surface area contributed by atoms with Crippen LogP contribution in [0.3, 0.4) is 0 Å². The quantitative estimate of drug-likeness (QED) is 0.129. The highest BCUT2D eigenvalue weighted by molar-refractivity contribution is 6.74. The summed E-state index contributed by atoms with van der Waals surface area (Å²) >= 11 is 0. The molecule has 56 heavy (non-hydrogen) atoms. The molecule has 13 heteroatoms. The third kappa shape index (κ3) is 9.03. The molecule has 2 aromatic carbocycles. The van der Waals surface area contributed by atoms with Crippen LogP contribution in [0.5, 0.6) is 0 Å². The molecule has 1 fully saturated rings. The number of ether oxygens (including phenoxy) is 2. The number of fused-ring (bicyclic) bond motifs is 3. The Morgan fingerprint density at radius 3 is 1.86 bits per heavy atom. The molecule has 1 aromatic heterocycles. The first-order valence-electron chi connectivity index (χ1n) is 20.0. The van der Waals surface area contributed by atoms with Gasteiger partial charge in [-0.3, -0.25) is 19.1 Å². The van der Waals surface area contributed by atoms with Crippen molar-refractivity contribution in [2.75, 3.05) is 13.2 Å². The molecule has 5 rings (SSSR count). The minimum absolute atomic E-state index is 0.0412. The highest BCUT2D eigenvalue weighted by Crippen LogP contribution is 2.52. The molecule has 308 valence electrons. The Morgan fingerprint density at radius 1 is 0.804 bits per heavy atom. The van der Waals surface area contributed by atoms with Crippen LogP contribution in [0.2, 0.25) is 54.4 Å². The molecule has 2 N–H and O–H groups in total. The zero-order valence-corrected chi connectivity index (χ0v) is 39.2. The summed E-state index contributed by atoms with van der Waals surface area (Å²) in [7, 11) is -7.39. The maximum Gasteiger partial charge on any atom is 0.328 e. The van der Waals surface area contributed by atoms with Crippen LogP contribution in [0.1, 0.15) is 90.5 Å². The number of carbonyl (C=O) groups excluding carboxylic acids is 1. The number of nitrogens with one attached hydrogen (secondary N) is 1. The molecule has 10 nitrogen and oxygen atoms in total. The van der Waals surface area contributed by atoms with Crippen LogP contribution in [-0.2, 0) is 29.7 Å². The van der Waals surface area contributed by atoms with Gasteiger partial charge in [-0.25, -0.2) is 4.79 Å². The van der Waals surface area contributed by atoms with E-state index in [1.807, 2.05) is 37.4 Å². The second-order valence-corrected chi connectivity index (χ2v) is 34.2. The van der Waals surface area contributed by atoms with Crippen LogP contribution in [0.15, 0.2) is 64.3 Å². The number of esters is 1. The van der Waals surface area contributed by atoms with Gasteiger partial charge in [0.2, 0.25) is 0 Å². The standard InChI is InChI=1S/C43H66N2O8Si3/c1-41(2,3)55(11,12)51-27-35-38(53-56(13,14)42(4,5)6)32(23-43(7,8)54(9,10)49)37(52-35)33-24-45(40(48)44-39(33)47)25-36(46)50-26-34-30-21-17-15-19-28(30)29-20-16-18-22-31(29)34/h15-22,24,32,34-35,37-38,49H,23,25-27H2,1-14H3,(H,44,47,48)/t32?,35-,37-,38-/m1/s1. The largest absolute Gasteiger partial charge is 0.463 e. The van der Waals surface area contributed by atoms with Gasteiger partial charge in [0.05, 0.1) is 24.4 Å². The number of aromatic nitrogens is 2. The van der Waals surface area contributed by atoms with Crippen LogP contribution in [0.25, 0.3) is 11.1 Å². The summed E-state index contributed by atoms with van der Waals surface area (Å²) < 4.78 is 28.0. The van der Waals surface area contributed by atoms with E-state index in [2.05, 4.69) is 111 Å². The zero-order chi connectivity index (χ0) is 41.8. The smallest absolute Gasteiger partial charge is 0.328 e. The molecule has 2 heterocycles. The number of benzene rings is 2. The highest BCUT2D eigenvalue weighted by atomic mass is 28.4. The van der Waals surface area contributed by atoms with Crippen molar-refractivity contribution in [1.82, 2.24) is 9.55 Å². The summed E-state index contributed by atoms with van der Waals surface area (Å²) in [5.74, 6) is -1.09. The summed E-state index contributed by atoms with van der Waals surface area (Å²) in [6.45, 7) is 30.0. The van der Waals surface area contributed by atoms with Crippen molar-refractivity contribution in [1.29, 1.82) is 0 Å². The van der Waals surface area contributed by atoms with Crippen LogP contribution in [-0.4, -0.2) is 70.7 Å². The minimum Gasteiger partial charge on any atom is -0.463 e. The Balaban J connectivity index is 1.49. The maximum absolute atomic E-state index is 13.9. The average molecular weight is 823 g/mol. The number of rotatable bonds is 13. The SMILES string of the molecule is CC(C)(CC1[C@@H](O[Si](C)(C)C(C)(C)C)[C@@H](CO[Si](C)(C)C(C)(C)C)O[C@H]1c1cn(CC(=O)OCC2c3ccccc3-c3ccccc32)c(=O)[nH]c1=O)[Si](C)(C)O. The van der Waals surface area contributed by atoms with E-state index in [9.17, 15) is 19.2 Å². The van der Waals surface area contributed by atoms with E-state index in [0.717, 1.165) is 22.3 Å². The van der Waals surface area contributed by atoms with E-state index in [4.69, 9.17) is 18.3 Å². The molecule has 0 spiro atoms. The van der Waals surface area contributed by atoms with Crippen LogP contribution >= 0.6 is 0 Å². The monoisotopic (exact) mass is 822 g/mol. The fraction of sp³-hybridized carbons (Fsp3) is 0.605. The Morgan fingerprint density at radius 2 is 1.34 bits per heavy atom. The molecule has 4 atom stereocenters. The van der Waals surface area contributed by atoms with E-state index in [-0.39, 0.29) is 47.2 Å². The van der Waals surface area contributed by atoms with Gasteiger partial charge in [0.25, 0.3) is 5.56 Å². The van der Waals surface area contributed by atoms with Crippen LogP contribution in [0.4, 0.5) is 0 Å². The average Bonchev–Trinajstić information content (AvgIpc) is 3.56. The van der Waals surface area contributed by atoms with E-state index >= 15 is 0 Å². The third-order valence-corrected chi connectivity index (χ3v) is 26.1. The van der Waals surface area contributed by atoms with E-state index < -0.39 is 65.5 Å². The lowest BCUT2D eigenvalue weighted by atomic mass is 9.85. The molecule has 0 amide bonds. The van der Waals surface area contributed by atoms with Crippen molar-refractivity contribution in [3.63, 3.8) is 0 Å². The molecule has 1 saturated heterocycles. The molecule has 1 aliphatic heterocycles. The van der Waals surface area contributed by atoms with Gasteiger partial charge >= 0.3 is 11.7 Å². The van der Waals surface area contributed by atoms with Gasteiger partial charge in [-0.2, -0.15) is 0 Å². The number of nitrogens with zero attached hydrogens (tertiary/aromatic N) is 1. The van der Waals surface area contributed by atoms with Crippen LogP contribution in [0, 0.1) is 5.92 Å². The summed E-state index contributed by atoms with van der Waals surface area (Å²) in [6.07, 6.45) is 0.188. The molecule has 1 unspecified atom stereocenters. The Hall–Kier alpha value is -2.92. The van der Waals surface area contributed by atoms with Gasteiger partial charge in [-0.15, -0.1) is 0 Å². The van der Waals surface area contributed by atoms with E-state index in [1.165, 1.54) is 10.8 Å². The first-order chi connectivity index (χ1) is 25.6. The first kappa shape index (κ1) is 44.2. The predicted molar refractivity (Wildman–Crippen MR) is 231 cm³/mol. The third-order valence-electron chi connectivity index (χ3n) is 13.6. The molecule has 3 aromatic rings. The fourth-order valence-electron chi connectivity index (χ4n) is 7.15. The second-order valence-electron chi connectivity index (χ2n) is 20.2. The lowest BCUT2D eigenvalue weighted by molar-refractivity contribution is -0.144. The van der Waals surface area contributed by atoms with Gasteiger partial charge in [-0.05, 0) is 83.1 Å². The van der Waals surface area contributed by atoms with E-state index in [0.29, 0.717) is 6.42 Å². The zero-order valence-electron chi connectivity index (χ0n) is 36.2. The summed E-state index contributed by atoms with van der Waals surface area (Å²) in [4.78, 5) is 54.6. The molecule has 2 aliphatic rings. The van der Waals surface area contributed by atoms with Crippen molar-refractivity contribution in [3.8, 4) is 11.1 Å². The second kappa shape index (κ2) is 15.7. The van der Waals surface area contributed by atoms with Crippen molar-refractivity contribution in [2.45, 2.75) is 147 Å². The Bertz CT molecular complexity index is 1970. The summed E-state index contributed by atoms with van der Waals surface area (Å²) in [5, 5.41) is -0.652. The molecule has 0 saturated carbocycles. The van der Waals surface area contributed by atoms with Crippen molar-refractivity contribution >= 4 is 30.9 Å². The molecule has 1 aliphatic carbocycles. The van der Waals surface area contributed by atoms with Crippen molar-refractivity contribution in [2.24, 2.45) is 5.92 Å². The van der Waals surface area contributed by atoms with Gasteiger partial charge < -0.3 is 23.1 Å². The minimum atomic E-state index is -2.75. The first-order valence-corrected chi connectivity index (χ1v) is 28.8. The Kier molecular flexibility index (Phi) is 12.4. The number of H-pyrrole nitrogens is 1. The topological polar surface area (TPSA) is 129 Å². The molecular weight excluding hydrogens is 757 g/mol. The van der Waals surface area contributed by atoms with Crippen LogP contribution < -0.4 is 11.2 Å². The van der Waals surface area contributed by atoms with Gasteiger partial charge in [0, 0.05) is 18.0 Å². The molecule has 0 radical (unpaired) electrons. The summed E-state index contributed by atoms with van der Waals surface area (Å²) in [6, 6.07) is 16.2. The number of hydrogen-bond donors (Lipinski definition) is 2. The fourth-order valence-corrected chi connectivity index (χ4v) is 10.3. The van der Waals surface area contributed by atoms with Crippen molar-refractivity contribution < 1.29 is 27.9 Å². The lowest BCUT2D eigenvalue weighted by Gasteiger charge is -2.44. The number of aromatic amines is 1. The molecule has 0 bridgehead atoms. The van der Waals surface area contributed by atoms with Gasteiger partial charge in [-0.1, -0.05) is 104 Å². The highest BCUT2D eigenvalue weighted by Gasteiger charge is 2.54. The van der Waals surface area contributed by atoms with Crippen molar-refractivity contribution in [3.05, 3.63) is 92.3 Å².